The Morgan fingerprint density at radius 2 is 1.84 bits per heavy atom. The molecule has 0 saturated heterocycles. The molecule has 2 aromatic carbocycles. The maximum Gasteiger partial charge on any atom is 0.260 e. The van der Waals surface area contributed by atoms with E-state index >= 15 is 0 Å². The number of carbonyl (C=O) groups is 1. The molecule has 0 saturated carbocycles. The molecule has 2 aromatic rings. The molecule has 1 N–H and O–H groups in total. The first-order valence-electron chi connectivity index (χ1n) is 8.27. The van der Waals surface area contributed by atoms with Gasteiger partial charge in [-0.2, -0.15) is 0 Å². The minimum Gasteiger partial charge on any atom is -0.492 e. The van der Waals surface area contributed by atoms with E-state index in [9.17, 15) is 4.79 Å². The standard InChI is InChI=1S/C20H24ClNO3/c1-13-11-14(2)15(3)19(12-13)25-16(4)20(23)22-9-10-24-18-7-5-17(21)6-8-18/h5-8,11-12,16H,9-10H2,1-4H3,(H,22,23). The molecule has 2 rings (SSSR count). The summed E-state index contributed by atoms with van der Waals surface area (Å²) in [6.45, 7) is 8.57. The number of amides is 1. The lowest BCUT2D eigenvalue weighted by Gasteiger charge is -2.18. The van der Waals surface area contributed by atoms with Gasteiger partial charge in [0.25, 0.3) is 5.91 Å². The molecule has 25 heavy (non-hydrogen) atoms. The molecule has 0 radical (unpaired) electrons. The topological polar surface area (TPSA) is 47.6 Å². The first-order chi connectivity index (χ1) is 11.9. The summed E-state index contributed by atoms with van der Waals surface area (Å²) in [7, 11) is 0. The zero-order valence-corrected chi connectivity index (χ0v) is 15.8. The normalized spacial score (nSPS) is 11.7. The van der Waals surface area contributed by atoms with Gasteiger partial charge in [-0.1, -0.05) is 17.7 Å². The summed E-state index contributed by atoms with van der Waals surface area (Å²) in [5.41, 5.74) is 3.32. The third kappa shape index (κ3) is 5.68. The Morgan fingerprint density at radius 3 is 2.52 bits per heavy atom. The highest BCUT2D eigenvalue weighted by Crippen LogP contribution is 2.24. The molecule has 1 amide bonds. The van der Waals surface area contributed by atoms with E-state index in [4.69, 9.17) is 21.1 Å². The molecular weight excluding hydrogens is 338 g/mol. The lowest BCUT2D eigenvalue weighted by Crippen LogP contribution is -2.38. The summed E-state index contributed by atoms with van der Waals surface area (Å²) in [5.74, 6) is 1.30. The molecule has 1 unspecified atom stereocenters. The molecule has 0 aliphatic rings. The average molecular weight is 362 g/mol. The third-order valence-electron chi connectivity index (χ3n) is 3.92. The minimum atomic E-state index is -0.574. The van der Waals surface area contributed by atoms with Crippen LogP contribution in [0.3, 0.4) is 0 Å². The van der Waals surface area contributed by atoms with Gasteiger partial charge in [-0.15, -0.1) is 0 Å². The van der Waals surface area contributed by atoms with Crippen LogP contribution >= 0.6 is 11.6 Å². The SMILES string of the molecule is Cc1cc(C)c(C)c(OC(C)C(=O)NCCOc2ccc(Cl)cc2)c1. The lowest BCUT2D eigenvalue weighted by atomic mass is 10.1. The Labute approximate surface area is 154 Å². The number of hydrogen-bond donors (Lipinski definition) is 1. The van der Waals surface area contributed by atoms with Gasteiger partial charge in [-0.3, -0.25) is 4.79 Å². The molecule has 134 valence electrons. The summed E-state index contributed by atoms with van der Waals surface area (Å²) in [6.07, 6.45) is -0.574. The van der Waals surface area contributed by atoms with Gasteiger partial charge < -0.3 is 14.8 Å². The second-order valence-electron chi connectivity index (χ2n) is 6.06. The first kappa shape index (κ1) is 19.1. The van der Waals surface area contributed by atoms with Gasteiger partial charge in [0.05, 0.1) is 6.54 Å². The average Bonchev–Trinajstić information content (AvgIpc) is 2.57. The number of hydrogen-bond acceptors (Lipinski definition) is 3. The van der Waals surface area contributed by atoms with Crippen molar-refractivity contribution in [3.05, 3.63) is 58.1 Å². The molecule has 0 aliphatic heterocycles. The Kier molecular flexibility index (Phi) is 6.71. The first-order valence-corrected chi connectivity index (χ1v) is 8.65. The molecule has 0 spiro atoms. The van der Waals surface area contributed by atoms with Crippen molar-refractivity contribution in [2.45, 2.75) is 33.8 Å². The maximum absolute atomic E-state index is 12.2. The number of rotatable bonds is 7. The molecule has 4 nitrogen and oxygen atoms in total. The summed E-state index contributed by atoms with van der Waals surface area (Å²) in [6, 6.07) is 11.2. The van der Waals surface area contributed by atoms with Crippen molar-refractivity contribution < 1.29 is 14.3 Å². The Bertz CT molecular complexity index is 728. The Morgan fingerprint density at radius 1 is 1.16 bits per heavy atom. The van der Waals surface area contributed by atoms with Crippen LogP contribution in [0.5, 0.6) is 11.5 Å². The van der Waals surface area contributed by atoms with Gasteiger partial charge in [0.2, 0.25) is 0 Å². The number of carbonyl (C=O) groups excluding carboxylic acids is 1. The largest absolute Gasteiger partial charge is 0.492 e. The summed E-state index contributed by atoms with van der Waals surface area (Å²) in [4.78, 5) is 12.2. The quantitative estimate of drug-likeness (QED) is 0.751. The van der Waals surface area contributed by atoms with Crippen molar-refractivity contribution in [3.8, 4) is 11.5 Å². The molecule has 5 heteroatoms. The van der Waals surface area contributed by atoms with Crippen LogP contribution in [0.2, 0.25) is 5.02 Å². The molecule has 0 fully saturated rings. The van der Waals surface area contributed by atoms with Gasteiger partial charge in [0, 0.05) is 5.02 Å². The fourth-order valence-electron chi connectivity index (χ4n) is 2.38. The number of nitrogens with one attached hydrogen (secondary N) is 1. The van der Waals surface area contributed by atoms with Crippen LogP contribution in [0.15, 0.2) is 36.4 Å². The Balaban J connectivity index is 1.79. The van der Waals surface area contributed by atoms with E-state index in [-0.39, 0.29) is 5.91 Å². The summed E-state index contributed by atoms with van der Waals surface area (Å²) in [5, 5.41) is 3.48. The van der Waals surface area contributed by atoms with E-state index in [1.165, 1.54) is 0 Å². The van der Waals surface area contributed by atoms with Crippen molar-refractivity contribution >= 4 is 17.5 Å². The molecule has 1 atom stereocenters. The maximum atomic E-state index is 12.2. The van der Waals surface area contributed by atoms with Crippen LogP contribution in [0, 0.1) is 20.8 Å². The van der Waals surface area contributed by atoms with E-state index in [0.717, 1.165) is 22.4 Å². The predicted molar refractivity (Wildman–Crippen MR) is 101 cm³/mol. The van der Waals surface area contributed by atoms with Gasteiger partial charge in [0.1, 0.15) is 18.1 Å². The minimum absolute atomic E-state index is 0.168. The lowest BCUT2D eigenvalue weighted by molar-refractivity contribution is -0.127. The molecule has 0 aromatic heterocycles. The second kappa shape index (κ2) is 8.77. The van der Waals surface area contributed by atoms with Gasteiger partial charge >= 0.3 is 0 Å². The van der Waals surface area contributed by atoms with Crippen molar-refractivity contribution in [3.63, 3.8) is 0 Å². The highest BCUT2D eigenvalue weighted by Gasteiger charge is 2.16. The third-order valence-corrected chi connectivity index (χ3v) is 4.17. The summed E-state index contributed by atoms with van der Waals surface area (Å²) >= 11 is 5.82. The van der Waals surface area contributed by atoms with Crippen molar-refractivity contribution in [2.24, 2.45) is 0 Å². The zero-order chi connectivity index (χ0) is 18.4. The molecule has 0 heterocycles. The molecule has 0 bridgehead atoms. The van der Waals surface area contributed by atoms with E-state index in [1.54, 1.807) is 31.2 Å². The molecule has 0 aliphatic carbocycles. The monoisotopic (exact) mass is 361 g/mol. The number of halogens is 1. The highest BCUT2D eigenvalue weighted by molar-refractivity contribution is 6.30. The van der Waals surface area contributed by atoms with Crippen molar-refractivity contribution in [1.29, 1.82) is 0 Å². The smallest absolute Gasteiger partial charge is 0.260 e. The van der Waals surface area contributed by atoms with Crippen LogP contribution in [-0.2, 0) is 4.79 Å². The Hall–Kier alpha value is -2.20. The predicted octanol–water partition coefficient (Wildman–Crippen LogP) is 4.23. The van der Waals surface area contributed by atoms with Gasteiger partial charge in [-0.05, 0) is 74.7 Å². The summed E-state index contributed by atoms with van der Waals surface area (Å²) < 4.78 is 11.4. The van der Waals surface area contributed by atoms with Crippen molar-refractivity contribution in [1.82, 2.24) is 5.32 Å². The van der Waals surface area contributed by atoms with Crippen LogP contribution in [-0.4, -0.2) is 25.2 Å². The van der Waals surface area contributed by atoms with Gasteiger partial charge in [-0.25, -0.2) is 0 Å². The van der Waals surface area contributed by atoms with E-state index in [0.29, 0.717) is 23.9 Å². The second-order valence-corrected chi connectivity index (χ2v) is 6.49. The molecular formula is C20H24ClNO3. The number of aryl methyl sites for hydroxylation is 2. The fraction of sp³-hybridized carbons (Fsp3) is 0.350. The number of ether oxygens (including phenoxy) is 2. The van der Waals surface area contributed by atoms with Crippen LogP contribution < -0.4 is 14.8 Å². The van der Waals surface area contributed by atoms with Gasteiger partial charge in [0.15, 0.2) is 6.10 Å². The van der Waals surface area contributed by atoms with Crippen LogP contribution in [0.4, 0.5) is 0 Å². The van der Waals surface area contributed by atoms with Crippen LogP contribution in [0.1, 0.15) is 23.6 Å². The van der Waals surface area contributed by atoms with E-state index < -0.39 is 6.10 Å². The van der Waals surface area contributed by atoms with Crippen molar-refractivity contribution in [2.75, 3.05) is 13.2 Å². The van der Waals surface area contributed by atoms with E-state index in [2.05, 4.69) is 11.4 Å². The zero-order valence-electron chi connectivity index (χ0n) is 15.1. The van der Waals surface area contributed by atoms with Crippen LogP contribution in [0.25, 0.3) is 0 Å². The highest BCUT2D eigenvalue weighted by atomic mass is 35.5. The fourth-order valence-corrected chi connectivity index (χ4v) is 2.51. The van der Waals surface area contributed by atoms with E-state index in [1.807, 2.05) is 26.8 Å². The number of benzene rings is 2.